The Morgan fingerprint density at radius 2 is 1.94 bits per heavy atom. The Labute approximate surface area is 113 Å². The Morgan fingerprint density at radius 1 is 1.38 bits per heavy atom. The van der Waals surface area contributed by atoms with Crippen LogP contribution in [0.1, 0.15) is 5.56 Å². The summed E-state index contributed by atoms with van der Waals surface area (Å²) in [5, 5.41) is 10.3. The summed E-state index contributed by atoms with van der Waals surface area (Å²) >= 11 is 0. The zero-order chi connectivity index (χ0) is 11.6. The van der Waals surface area contributed by atoms with E-state index in [9.17, 15) is 27.5 Å². The van der Waals surface area contributed by atoms with Crippen LogP contribution >= 0.6 is 0 Å². The number of benzene rings is 1. The molecule has 0 aliphatic carbocycles. The predicted octanol–water partition coefficient (Wildman–Crippen LogP) is -2.22. The van der Waals surface area contributed by atoms with Crippen LogP contribution in [0.4, 0.5) is 10.1 Å². The second kappa shape index (κ2) is 5.69. The zero-order valence-corrected chi connectivity index (χ0v) is 11.0. The fraction of sp³-hybridized carbons (Fsp3) is 0.143. The Kier molecular flexibility index (Phi) is 5.50. The zero-order valence-electron chi connectivity index (χ0n) is 8.21. The van der Waals surface area contributed by atoms with Gasteiger partial charge in [0.15, 0.2) is 0 Å². The van der Waals surface area contributed by atoms with E-state index in [1.807, 2.05) is 0 Å². The molecule has 0 aliphatic rings. The molecule has 0 heterocycles. The minimum atomic E-state index is -4.53. The van der Waals surface area contributed by atoms with E-state index >= 15 is 0 Å². The van der Waals surface area contributed by atoms with E-state index < -0.39 is 32.3 Å². The SMILES string of the molecule is O=[N+]([O-])c1cc(CS(=O)(=O)[O-])ccc1F.[Na+]. The molecular weight excluding hydrogens is 252 g/mol. The van der Waals surface area contributed by atoms with Crippen molar-refractivity contribution in [2.75, 3.05) is 0 Å². The minimum absolute atomic E-state index is 0. The van der Waals surface area contributed by atoms with Crippen molar-refractivity contribution in [2.24, 2.45) is 0 Å². The van der Waals surface area contributed by atoms with Gasteiger partial charge in [0.1, 0.15) is 0 Å². The third-order valence-electron chi connectivity index (χ3n) is 1.55. The van der Waals surface area contributed by atoms with Crippen LogP contribution in [0.15, 0.2) is 18.2 Å². The molecule has 0 aliphatic heterocycles. The maximum Gasteiger partial charge on any atom is 1.00 e. The Morgan fingerprint density at radius 3 is 2.38 bits per heavy atom. The molecule has 1 aromatic rings. The first-order chi connectivity index (χ1) is 6.79. The number of nitrogens with zero attached hydrogens (tertiary/aromatic N) is 1. The first-order valence-corrected chi connectivity index (χ1v) is 5.24. The molecule has 0 fully saturated rings. The number of halogens is 1. The molecule has 9 heteroatoms. The van der Waals surface area contributed by atoms with Gasteiger partial charge in [-0.25, -0.2) is 8.42 Å². The van der Waals surface area contributed by atoms with Gasteiger partial charge in [-0.1, -0.05) is 6.07 Å². The molecule has 0 spiro atoms. The van der Waals surface area contributed by atoms with Gasteiger partial charge >= 0.3 is 35.2 Å². The van der Waals surface area contributed by atoms with Gasteiger partial charge in [-0.2, -0.15) is 4.39 Å². The summed E-state index contributed by atoms with van der Waals surface area (Å²) in [7, 11) is -4.53. The second-order valence-electron chi connectivity index (χ2n) is 2.74. The van der Waals surface area contributed by atoms with Gasteiger partial charge in [0.2, 0.25) is 5.82 Å². The van der Waals surface area contributed by atoms with E-state index in [1.54, 1.807) is 0 Å². The summed E-state index contributed by atoms with van der Waals surface area (Å²) in [4.78, 5) is 9.29. The van der Waals surface area contributed by atoms with Crippen LogP contribution in [0.3, 0.4) is 0 Å². The smallest absolute Gasteiger partial charge is 0.748 e. The largest absolute Gasteiger partial charge is 1.00 e. The molecule has 1 aromatic carbocycles. The molecule has 1 rings (SSSR count). The molecule has 0 saturated heterocycles. The summed E-state index contributed by atoms with van der Waals surface area (Å²) in [6, 6.07) is 2.49. The summed E-state index contributed by atoms with van der Waals surface area (Å²) < 4.78 is 43.8. The molecule has 0 unspecified atom stereocenters. The van der Waals surface area contributed by atoms with Crippen molar-refractivity contribution < 1.29 is 51.8 Å². The topological polar surface area (TPSA) is 100 Å². The molecule has 0 amide bonds. The van der Waals surface area contributed by atoms with Crippen LogP contribution in [-0.4, -0.2) is 17.9 Å². The van der Waals surface area contributed by atoms with Gasteiger partial charge in [-0.3, -0.25) is 10.1 Å². The van der Waals surface area contributed by atoms with Crippen LogP contribution in [0.25, 0.3) is 0 Å². The number of nitro groups is 1. The molecule has 0 bridgehead atoms. The fourth-order valence-corrected chi connectivity index (χ4v) is 1.58. The van der Waals surface area contributed by atoms with Crippen molar-refractivity contribution in [3.05, 3.63) is 39.7 Å². The van der Waals surface area contributed by atoms with Crippen molar-refractivity contribution in [3.8, 4) is 0 Å². The second-order valence-corrected chi connectivity index (χ2v) is 4.15. The fourth-order valence-electron chi connectivity index (χ4n) is 0.992. The van der Waals surface area contributed by atoms with E-state index in [4.69, 9.17) is 0 Å². The van der Waals surface area contributed by atoms with Crippen LogP contribution in [-0.2, 0) is 15.9 Å². The molecule has 0 saturated carbocycles. The molecular formula is C7H5FNNaO5S. The first kappa shape index (κ1) is 15.5. The van der Waals surface area contributed by atoms with Crippen molar-refractivity contribution in [3.63, 3.8) is 0 Å². The number of rotatable bonds is 3. The average Bonchev–Trinajstić information content (AvgIpc) is 2.05. The summed E-state index contributed by atoms with van der Waals surface area (Å²) in [5.41, 5.74) is -0.964. The van der Waals surface area contributed by atoms with Gasteiger partial charge in [-0.15, -0.1) is 0 Å². The Hall–Kier alpha value is -0.540. The van der Waals surface area contributed by atoms with E-state index in [2.05, 4.69) is 0 Å². The monoisotopic (exact) mass is 257 g/mol. The first-order valence-electron chi connectivity index (χ1n) is 3.66. The molecule has 0 aromatic heterocycles. The van der Waals surface area contributed by atoms with E-state index in [0.717, 1.165) is 18.2 Å². The third kappa shape index (κ3) is 4.54. The number of nitro benzene ring substituents is 1. The standard InChI is InChI=1S/C7H6FNO5S.Na/c8-6-2-1-5(4-15(12,13)14)3-7(6)9(10)11;/h1-3H,4H2,(H,12,13,14);/q;+1/p-1. The van der Waals surface area contributed by atoms with Crippen molar-refractivity contribution in [1.29, 1.82) is 0 Å². The maximum absolute atomic E-state index is 12.8. The Bertz CT molecular complexity index is 503. The van der Waals surface area contributed by atoms with E-state index in [-0.39, 0.29) is 35.1 Å². The average molecular weight is 257 g/mol. The normalized spacial score (nSPS) is 10.6. The number of hydrogen-bond donors (Lipinski definition) is 0. The molecule has 6 nitrogen and oxygen atoms in total. The molecule has 16 heavy (non-hydrogen) atoms. The van der Waals surface area contributed by atoms with Gasteiger partial charge in [0, 0.05) is 6.07 Å². The van der Waals surface area contributed by atoms with E-state index in [1.165, 1.54) is 0 Å². The van der Waals surface area contributed by atoms with Gasteiger partial charge in [-0.05, 0) is 11.6 Å². The summed E-state index contributed by atoms with van der Waals surface area (Å²) in [6.45, 7) is 0. The van der Waals surface area contributed by atoms with Crippen molar-refractivity contribution in [2.45, 2.75) is 5.75 Å². The number of hydrogen-bond acceptors (Lipinski definition) is 5. The van der Waals surface area contributed by atoms with Crippen LogP contribution in [0, 0.1) is 15.9 Å². The van der Waals surface area contributed by atoms with Gasteiger partial charge in [0.25, 0.3) is 0 Å². The maximum atomic E-state index is 12.8. The van der Waals surface area contributed by atoms with Crippen LogP contribution in [0.5, 0.6) is 0 Å². The van der Waals surface area contributed by atoms with Gasteiger partial charge in [0.05, 0.1) is 20.8 Å². The molecule has 82 valence electrons. The summed E-state index contributed by atoms with van der Waals surface area (Å²) in [6.07, 6.45) is 0. The third-order valence-corrected chi connectivity index (χ3v) is 2.24. The minimum Gasteiger partial charge on any atom is -0.748 e. The van der Waals surface area contributed by atoms with Crippen LogP contribution < -0.4 is 29.6 Å². The van der Waals surface area contributed by atoms with Crippen molar-refractivity contribution in [1.82, 2.24) is 0 Å². The summed E-state index contributed by atoms with van der Waals surface area (Å²) in [5.74, 6) is -1.97. The van der Waals surface area contributed by atoms with Crippen molar-refractivity contribution >= 4 is 15.8 Å². The molecule has 0 N–H and O–H groups in total. The van der Waals surface area contributed by atoms with Crippen LogP contribution in [0.2, 0.25) is 0 Å². The van der Waals surface area contributed by atoms with E-state index in [0.29, 0.717) is 0 Å². The quantitative estimate of drug-likeness (QED) is 0.264. The Balaban J connectivity index is 0.00000225. The molecule has 0 radical (unpaired) electrons. The molecule has 0 atom stereocenters. The predicted molar refractivity (Wildman–Crippen MR) is 46.5 cm³/mol. The van der Waals surface area contributed by atoms with Gasteiger partial charge < -0.3 is 4.55 Å².